The molecule has 5 nitrogen and oxygen atoms in total. The van der Waals surface area contributed by atoms with E-state index in [-0.39, 0.29) is 11.8 Å². The van der Waals surface area contributed by atoms with E-state index in [1.54, 1.807) is 11.0 Å². The zero-order chi connectivity index (χ0) is 18.2. The van der Waals surface area contributed by atoms with E-state index in [0.29, 0.717) is 13.1 Å². The minimum Gasteiger partial charge on any atom is -0.379 e. The number of ether oxygens (including phenoxy) is 1. The number of hydrogen-bond donors (Lipinski definition) is 1. The van der Waals surface area contributed by atoms with Gasteiger partial charge >= 0.3 is 6.03 Å². The summed E-state index contributed by atoms with van der Waals surface area (Å²) in [4.78, 5) is 16.7. The fourth-order valence-corrected chi connectivity index (χ4v) is 2.92. The molecule has 1 heterocycles. The van der Waals surface area contributed by atoms with E-state index >= 15 is 0 Å². The second-order valence-corrected chi connectivity index (χ2v) is 6.30. The average Bonchev–Trinajstić information content (AvgIpc) is 2.67. The Balaban J connectivity index is 1.66. The maximum Gasteiger partial charge on any atom is 0.322 e. The number of nitrogens with one attached hydrogen (secondary N) is 1. The van der Waals surface area contributed by atoms with E-state index in [1.807, 2.05) is 36.4 Å². The molecule has 0 atom stereocenters. The van der Waals surface area contributed by atoms with Crippen molar-refractivity contribution in [2.24, 2.45) is 0 Å². The molecule has 138 valence electrons. The summed E-state index contributed by atoms with van der Waals surface area (Å²) in [6.07, 6.45) is 0. The molecule has 1 fully saturated rings. The van der Waals surface area contributed by atoms with Crippen LogP contribution < -0.4 is 5.32 Å². The fraction of sp³-hybridized carbons (Fsp3) is 0.350. The number of urea groups is 1. The zero-order valence-corrected chi connectivity index (χ0v) is 14.7. The molecule has 1 aliphatic heterocycles. The Morgan fingerprint density at radius 1 is 1.12 bits per heavy atom. The third kappa shape index (κ3) is 5.54. The van der Waals surface area contributed by atoms with Crippen molar-refractivity contribution in [3.63, 3.8) is 0 Å². The Labute approximate surface area is 153 Å². The van der Waals surface area contributed by atoms with Crippen molar-refractivity contribution in [1.29, 1.82) is 0 Å². The first kappa shape index (κ1) is 18.4. The van der Waals surface area contributed by atoms with E-state index < -0.39 is 0 Å². The number of halogens is 1. The van der Waals surface area contributed by atoms with Crippen LogP contribution in [0.3, 0.4) is 0 Å². The van der Waals surface area contributed by atoms with Gasteiger partial charge in [-0.05, 0) is 29.8 Å². The Morgan fingerprint density at radius 2 is 1.88 bits per heavy atom. The van der Waals surface area contributed by atoms with Gasteiger partial charge in [0.05, 0.1) is 13.2 Å². The molecule has 0 unspecified atom stereocenters. The van der Waals surface area contributed by atoms with Gasteiger partial charge in [0.25, 0.3) is 0 Å². The van der Waals surface area contributed by atoms with E-state index in [2.05, 4.69) is 10.2 Å². The predicted molar refractivity (Wildman–Crippen MR) is 99.5 cm³/mol. The highest BCUT2D eigenvalue weighted by atomic mass is 19.1. The minimum atomic E-state index is -0.293. The summed E-state index contributed by atoms with van der Waals surface area (Å²) in [6.45, 7) is 4.87. The Kier molecular flexibility index (Phi) is 6.57. The van der Waals surface area contributed by atoms with Crippen LogP contribution in [0, 0.1) is 5.82 Å². The number of hydrogen-bond acceptors (Lipinski definition) is 3. The van der Waals surface area contributed by atoms with E-state index in [4.69, 9.17) is 4.74 Å². The molecular weight excluding hydrogens is 333 g/mol. The van der Waals surface area contributed by atoms with Crippen LogP contribution in [0.15, 0.2) is 54.6 Å². The number of para-hydroxylation sites is 1. The van der Waals surface area contributed by atoms with Gasteiger partial charge in [-0.25, -0.2) is 9.18 Å². The van der Waals surface area contributed by atoms with Crippen molar-refractivity contribution >= 4 is 11.7 Å². The quantitative estimate of drug-likeness (QED) is 0.864. The van der Waals surface area contributed by atoms with Gasteiger partial charge < -0.3 is 15.0 Å². The maximum absolute atomic E-state index is 13.5. The lowest BCUT2D eigenvalue weighted by Gasteiger charge is -2.30. The first-order valence-electron chi connectivity index (χ1n) is 8.86. The van der Waals surface area contributed by atoms with Crippen molar-refractivity contribution < 1.29 is 13.9 Å². The molecule has 2 aromatic rings. The summed E-state index contributed by atoms with van der Waals surface area (Å²) < 4.78 is 18.9. The lowest BCUT2D eigenvalue weighted by atomic mass is 10.2. The fourth-order valence-electron chi connectivity index (χ4n) is 2.92. The molecule has 0 spiro atoms. The number of rotatable bonds is 6. The molecule has 1 N–H and O–H groups in total. The second kappa shape index (κ2) is 9.31. The molecule has 0 radical (unpaired) electrons. The minimum absolute atomic E-state index is 0.186. The summed E-state index contributed by atoms with van der Waals surface area (Å²) in [7, 11) is 0. The van der Waals surface area contributed by atoms with Crippen LogP contribution in [0.4, 0.5) is 14.9 Å². The average molecular weight is 357 g/mol. The number of anilines is 1. The van der Waals surface area contributed by atoms with Gasteiger partial charge in [-0.2, -0.15) is 0 Å². The summed E-state index contributed by atoms with van der Waals surface area (Å²) in [5.74, 6) is -0.293. The number of morpholine rings is 1. The molecule has 6 heteroatoms. The van der Waals surface area contributed by atoms with Crippen LogP contribution in [-0.4, -0.2) is 55.2 Å². The van der Waals surface area contributed by atoms with Gasteiger partial charge in [-0.1, -0.05) is 30.3 Å². The molecule has 0 aliphatic carbocycles. The molecular formula is C20H24FN3O2. The highest BCUT2D eigenvalue weighted by Crippen LogP contribution is 2.11. The molecule has 0 saturated carbocycles. The number of carbonyl (C=O) groups excluding carboxylic acids is 1. The number of nitrogens with zero attached hydrogens (tertiary/aromatic N) is 2. The standard InChI is InChI=1S/C20H24FN3O2/c21-18-6-4-5-17(15-18)16-24(10-9-23-11-13-26-14-12-23)20(25)22-19-7-2-1-3-8-19/h1-8,15H,9-14,16H2,(H,22,25). The number of carbonyl (C=O) groups is 1. The van der Waals surface area contributed by atoms with E-state index in [0.717, 1.165) is 44.1 Å². The normalized spacial score (nSPS) is 14.8. The van der Waals surface area contributed by atoms with E-state index in [1.165, 1.54) is 12.1 Å². The lowest BCUT2D eigenvalue weighted by molar-refractivity contribution is 0.0349. The SMILES string of the molecule is O=C(Nc1ccccc1)N(CCN1CCOCC1)Cc1cccc(F)c1. The highest BCUT2D eigenvalue weighted by Gasteiger charge is 2.17. The van der Waals surface area contributed by atoms with Crippen molar-refractivity contribution in [3.8, 4) is 0 Å². The lowest BCUT2D eigenvalue weighted by Crippen LogP contribution is -2.44. The molecule has 2 amide bonds. The first-order chi connectivity index (χ1) is 12.7. The van der Waals surface area contributed by atoms with Crippen LogP contribution >= 0.6 is 0 Å². The summed E-state index contributed by atoms with van der Waals surface area (Å²) in [5, 5.41) is 2.91. The molecule has 1 saturated heterocycles. The van der Waals surface area contributed by atoms with Gasteiger partial charge in [0, 0.05) is 38.4 Å². The number of amides is 2. The van der Waals surface area contributed by atoms with Crippen LogP contribution in [-0.2, 0) is 11.3 Å². The predicted octanol–water partition coefficient (Wildman–Crippen LogP) is 3.19. The van der Waals surface area contributed by atoms with Crippen LogP contribution in [0.2, 0.25) is 0 Å². The number of benzene rings is 2. The Morgan fingerprint density at radius 3 is 2.62 bits per heavy atom. The Hall–Kier alpha value is -2.44. The van der Waals surface area contributed by atoms with Crippen LogP contribution in [0.5, 0.6) is 0 Å². The maximum atomic E-state index is 13.5. The molecule has 26 heavy (non-hydrogen) atoms. The summed E-state index contributed by atoms with van der Waals surface area (Å²) in [6, 6.07) is 15.5. The monoisotopic (exact) mass is 357 g/mol. The molecule has 0 aromatic heterocycles. The van der Waals surface area contributed by atoms with Crippen molar-refractivity contribution in [2.75, 3.05) is 44.7 Å². The third-order valence-electron chi connectivity index (χ3n) is 4.36. The smallest absolute Gasteiger partial charge is 0.322 e. The van der Waals surface area contributed by atoms with E-state index in [9.17, 15) is 9.18 Å². The summed E-state index contributed by atoms with van der Waals surface area (Å²) >= 11 is 0. The second-order valence-electron chi connectivity index (χ2n) is 6.30. The third-order valence-corrected chi connectivity index (χ3v) is 4.36. The molecule has 1 aliphatic rings. The zero-order valence-electron chi connectivity index (χ0n) is 14.7. The topological polar surface area (TPSA) is 44.8 Å². The first-order valence-corrected chi connectivity index (χ1v) is 8.86. The van der Waals surface area contributed by atoms with Gasteiger partial charge in [-0.3, -0.25) is 4.90 Å². The van der Waals surface area contributed by atoms with Gasteiger partial charge in [-0.15, -0.1) is 0 Å². The highest BCUT2D eigenvalue weighted by molar-refractivity contribution is 5.89. The van der Waals surface area contributed by atoms with Crippen molar-refractivity contribution in [3.05, 3.63) is 66.0 Å². The van der Waals surface area contributed by atoms with Crippen molar-refractivity contribution in [2.45, 2.75) is 6.54 Å². The Bertz CT molecular complexity index is 705. The molecule has 3 rings (SSSR count). The largest absolute Gasteiger partial charge is 0.379 e. The van der Waals surface area contributed by atoms with Crippen LogP contribution in [0.25, 0.3) is 0 Å². The molecule has 2 aromatic carbocycles. The van der Waals surface area contributed by atoms with Gasteiger partial charge in [0.2, 0.25) is 0 Å². The summed E-state index contributed by atoms with van der Waals surface area (Å²) in [5.41, 5.74) is 1.52. The van der Waals surface area contributed by atoms with Crippen LogP contribution in [0.1, 0.15) is 5.56 Å². The molecule has 0 bridgehead atoms. The van der Waals surface area contributed by atoms with Crippen molar-refractivity contribution in [1.82, 2.24) is 9.80 Å². The van der Waals surface area contributed by atoms with Gasteiger partial charge in [0.15, 0.2) is 0 Å². The van der Waals surface area contributed by atoms with Gasteiger partial charge in [0.1, 0.15) is 5.82 Å².